The number of halogens is 1. The lowest BCUT2D eigenvalue weighted by Gasteiger charge is -2.34. The Hall–Kier alpha value is -2.28. The van der Waals surface area contributed by atoms with Crippen LogP contribution in [0.2, 0.25) is 5.02 Å². The molecule has 7 heteroatoms. The van der Waals surface area contributed by atoms with E-state index in [-0.39, 0.29) is 17.7 Å². The second kappa shape index (κ2) is 9.69. The van der Waals surface area contributed by atoms with Crippen LogP contribution in [0.5, 0.6) is 0 Å². The quantitative estimate of drug-likeness (QED) is 0.494. The summed E-state index contributed by atoms with van der Waals surface area (Å²) in [6, 6.07) is 16.6. The van der Waals surface area contributed by atoms with E-state index in [0.29, 0.717) is 0 Å². The molecule has 32 heavy (non-hydrogen) atoms. The number of hydrogen-bond acceptors (Lipinski definition) is 5. The molecular weight excluding hydrogens is 422 g/mol. The molecule has 6 nitrogen and oxygen atoms in total. The highest BCUT2D eigenvalue weighted by Crippen LogP contribution is 2.32. The molecule has 2 heterocycles. The van der Waals surface area contributed by atoms with Gasteiger partial charge in [0.05, 0.1) is 17.7 Å². The highest BCUT2D eigenvalue weighted by molar-refractivity contribution is 6.30. The van der Waals surface area contributed by atoms with Crippen LogP contribution in [0.4, 0.5) is 0 Å². The Balaban J connectivity index is 1.78. The van der Waals surface area contributed by atoms with Gasteiger partial charge < -0.3 is 4.74 Å². The predicted molar refractivity (Wildman–Crippen MR) is 127 cm³/mol. The van der Waals surface area contributed by atoms with Gasteiger partial charge in [0.25, 0.3) is 0 Å². The number of tetrazole rings is 1. The molecule has 1 saturated heterocycles. The third kappa shape index (κ3) is 5.37. The molecule has 0 bridgehead atoms. The summed E-state index contributed by atoms with van der Waals surface area (Å²) in [5.41, 5.74) is 3.35. The molecule has 0 radical (unpaired) electrons. The smallest absolute Gasteiger partial charge is 0.173 e. The fourth-order valence-corrected chi connectivity index (χ4v) is 4.38. The van der Waals surface area contributed by atoms with E-state index in [0.717, 1.165) is 43.4 Å². The van der Waals surface area contributed by atoms with Crippen molar-refractivity contribution in [3.05, 3.63) is 76.1 Å². The molecule has 2 aromatic carbocycles. The molecular formula is C25H32ClN5O. The zero-order chi connectivity index (χ0) is 22.7. The SMILES string of the molecule is Cc1ccc([C@@H](c2nnnn2C(C)(C)C)N(Cc2ccc(Cl)cc2)C[C@@H]2CCCO2)cc1. The van der Waals surface area contributed by atoms with Gasteiger partial charge >= 0.3 is 0 Å². The Labute approximate surface area is 195 Å². The van der Waals surface area contributed by atoms with Crippen molar-refractivity contribution in [2.24, 2.45) is 0 Å². The minimum atomic E-state index is -0.239. The van der Waals surface area contributed by atoms with Gasteiger partial charge in [-0.15, -0.1) is 5.10 Å². The molecule has 170 valence electrons. The van der Waals surface area contributed by atoms with Crippen LogP contribution in [0, 0.1) is 6.92 Å². The van der Waals surface area contributed by atoms with Crippen molar-refractivity contribution in [3.8, 4) is 0 Å². The maximum Gasteiger partial charge on any atom is 0.173 e. The largest absolute Gasteiger partial charge is 0.377 e. The van der Waals surface area contributed by atoms with Gasteiger partial charge in [0, 0.05) is 24.7 Å². The highest BCUT2D eigenvalue weighted by atomic mass is 35.5. The Morgan fingerprint density at radius 1 is 1.12 bits per heavy atom. The fraction of sp³-hybridized carbons (Fsp3) is 0.480. The van der Waals surface area contributed by atoms with Gasteiger partial charge in [-0.1, -0.05) is 53.6 Å². The fourth-order valence-electron chi connectivity index (χ4n) is 4.25. The van der Waals surface area contributed by atoms with Crippen LogP contribution in [0.3, 0.4) is 0 Å². The standard InChI is InChI=1S/C25H32ClN5O/c1-18-7-11-20(12-8-18)23(24-27-28-29-31(24)25(2,3)4)30(17-22-6-5-15-32-22)16-19-9-13-21(26)14-10-19/h7-14,22-23H,5-6,15-17H2,1-4H3/t22-,23-/m0/s1. The molecule has 1 aromatic heterocycles. The summed E-state index contributed by atoms with van der Waals surface area (Å²) in [6.07, 6.45) is 2.38. The van der Waals surface area contributed by atoms with Gasteiger partial charge in [-0.3, -0.25) is 4.90 Å². The number of aryl methyl sites for hydroxylation is 1. The Morgan fingerprint density at radius 2 is 1.84 bits per heavy atom. The topological polar surface area (TPSA) is 56.1 Å². The Bertz CT molecular complexity index is 1000. The summed E-state index contributed by atoms with van der Waals surface area (Å²) < 4.78 is 7.99. The van der Waals surface area contributed by atoms with Crippen LogP contribution in [0.15, 0.2) is 48.5 Å². The van der Waals surface area contributed by atoms with E-state index in [2.05, 4.69) is 84.5 Å². The van der Waals surface area contributed by atoms with Crippen LogP contribution in [0.1, 0.15) is 62.2 Å². The second-order valence-electron chi connectivity index (χ2n) is 9.62. The lowest BCUT2D eigenvalue weighted by Crippen LogP contribution is -2.39. The molecule has 0 unspecified atom stereocenters. The van der Waals surface area contributed by atoms with Gasteiger partial charge in [0.1, 0.15) is 0 Å². The predicted octanol–water partition coefficient (Wildman–Crippen LogP) is 5.16. The van der Waals surface area contributed by atoms with Crippen molar-refractivity contribution >= 4 is 11.6 Å². The lowest BCUT2D eigenvalue weighted by molar-refractivity contribution is 0.0566. The molecule has 4 rings (SSSR count). The third-order valence-corrected chi connectivity index (χ3v) is 6.14. The molecule has 0 saturated carbocycles. The average Bonchev–Trinajstić information content (AvgIpc) is 3.43. The van der Waals surface area contributed by atoms with Gasteiger partial charge in [0.15, 0.2) is 5.82 Å². The van der Waals surface area contributed by atoms with Crippen molar-refractivity contribution < 1.29 is 4.74 Å². The minimum Gasteiger partial charge on any atom is -0.377 e. The first-order valence-corrected chi connectivity index (χ1v) is 11.6. The van der Waals surface area contributed by atoms with E-state index in [1.807, 2.05) is 16.8 Å². The number of rotatable bonds is 7. The molecule has 0 amide bonds. The normalized spacial score (nSPS) is 17.8. The summed E-state index contributed by atoms with van der Waals surface area (Å²) in [5.74, 6) is 0.841. The van der Waals surface area contributed by atoms with Gasteiger partial charge in [-0.25, -0.2) is 4.68 Å². The summed E-state index contributed by atoms with van der Waals surface area (Å²) >= 11 is 6.15. The van der Waals surface area contributed by atoms with E-state index in [4.69, 9.17) is 16.3 Å². The molecule has 2 atom stereocenters. The summed E-state index contributed by atoms with van der Waals surface area (Å²) in [6.45, 7) is 10.9. The average molecular weight is 454 g/mol. The van der Waals surface area contributed by atoms with Crippen molar-refractivity contribution in [3.63, 3.8) is 0 Å². The molecule has 1 aliphatic rings. The first-order valence-electron chi connectivity index (χ1n) is 11.3. The van der Waals surface area contributed by atoms with Gasteiger partial charge in [0.2, 0.25) is 0 Å². The van der Waals surface area contributed by atoms with Crippen molar-refractivity contribution in [2.45, 2.75) is 64.8 Å². The minimum absolute atomic E-state index is 0.107. The van der Waals surface area contributed by atoms with E-state index >= 15 is 0 Å². The summed E-state index contributed by atoms with van der Waals surface area (Å²) in [4.78, 5) is 2.44. The zero-order valence-corrected chi connectivity index (χ0v) is 20.1. The van der Waals surface area contributed by atoms with Gasteiger partial charge in [-0.2, -0.15) is 0 Å². The molecule has 0 N–H and O–H groups in total. The van der Waals surface area contributed by atoms with Crippen LogP contribution in [-0.2, 0) is 16.8 Å². The maximum absolute atomic E-state index is 6.15. The van der Waals surface area contributed by atoms with E-state index in [1.54, 1.807) is 0 Å². The summed E-state index contributed by atoms with van der Waals surface area (Å²) in [7, 11) is 0. The van der Waals surface area contributed by atoms with Crippen molar-refractivity contribution in [2.75, 3.05) is 13.2 Å². The van der Waals surface area contributed by atoms with Crippen molar-refractivity contribution in [1.82, 2.24) is 25.1 Å². The molecule has 0 aliphatic carbocycles. The Kier molecular flexibility index (Phi) is 6.93. The van der Waals surface area contributed by atoms with Gasteiger partial charge in [-0.05, 0) is 74.2 Å². The first-order chi connectivity index (χ1) is 15.3. The van der Waals surface area contributed by atoms with Crippen LogP contribution in [0.25, 0.3) is 0 Å². The lowest BCUT2D eigenvalue weighted by atomic mass is 9.99. The monoisotopic (exact) mass is 453 g/mol. The number of ether oxygens (including phenoxy) is 1. The molecule has 0 spiro atoms. The number of benzene rings is 2. The van der Waals surface area contributed by atoms with Crippen LogP contribution >= 0.6 is 11.6 Å². The maximum atomic E-state index is 6.15. The van der Waals surface area contributed by atoms with E-state index in [1.165, 1.54) is 16.7 Å². The Morgan fingerprint density at radius 3 is 2.47 bits per heavy atom. The van der Waals surface area contributed by atoms with Crippen LogP contribution < -0.4 is 0 Å². The first kappa shape index (κ1) is 22.9. The number of aromatic nitrogens is 4. The number of hydrogen-bond donors (Lipinski definition) is 0. The molecule has 1 aliphatic heterocycles. The highest BCUT2D eigenvalue weighted by Gasteiger charge is 2.33. The van der Waals surface area contributed by atoms with Crippen LogP contribution in [-0.4, -0.2) is 44.4 Å². The third-order valence-electron chi connectivity index (χ3n) is 5.89. The zero-order valence-electron chi connectivity index (χ0n) is 19.3. The summed E-state index contributed by atoms with van der Waals surface area (Å²) in [5, 5.41) is 13.7. The molecule has 3 aromatic rings. The van der Waals surface area contributed by atoms with E-state index in [9.17, 15) is 0 Å². The van der Waals surface area contributed by atoms with Crippen molar-refractivity contribution in [1.29, 1.82) is 0 Å². The number of nitrogens with zero attached hydrogens (tertiary/aromatic N) is 5. The second-order valence-corrected chi connectivity index (χ2v) is 10.1. The molecule has 1 fully saturated rings. The van der Waals surface area contributed by atoms with E-state index < -0.39 is 0 Å².